The molecule has 21 heavy (non-hydrogen) atoms. The molecule has 0 spiro atoms. The number of nitrogens with zero attached hydrogens (tertiary/aromatic N) is 1. The molecule has 0 saturated carbocycles. The first-order valence-corrected chi connectivity index (χ1v) is 7.42. The van der Waals surface area contributed by atoms with Gasteiger partial charge >= 0.3 is 0 Å². The largest absolute Gasteiger partial charge is 0.380 e. The molecule has 2 aromatic carbocycles. The summed E-state index contributed by atoms with van der Waals surface area (Å²) in [5, 5.41) is 5.72. The van der Waals surface area contributed by atoms with Gasteiger partial charge in [0.05, 0.1) is 16.2 Å². The fourth-order valence-corrected chi connectivity index (χ4v) is 2.69. The number of anilines is 1. The van der Waals surface area contributed by atoms with Gasteiger partial charge in [0, 0.05) is 22.6 Å². The van der Waals surface area contributed by atoms with Crippen LogP contribution in [0.3, 0.4) is 0 Å². The van der Waals surface area contributed by atoms with Crippen molar-refractivity contribution < 1.29 is 0 Å². The number of benzene rings is 2. The first-order chi connectivity index (χ1) is 10.1. The highest BCUT2D eigenvalue weighted by molar-refractivity contribution is 6.36. The fraction of sp³-hybridized carbons (Fsp3) is 0.118. The van der Waals surface area contributed by atoms with Crippen LogP contribution in [0.4, 0.5) is 5.69 Å². The van der Waals surface area contributed by atoms with E-state index in [-0.39, 0.29) is 0 Å². The third-order valence-corrected chi connectivity index (χ3v) is 3.85. The number of hydrogen-bond acceptors (Lipinski definition) is 2. The molecular formula is C17H14Cl2N2. The highest BCUT2D eigenvalue weighted by Crippen LogP contribution is 2.26. The summed E-state index contributed by atoms with van der Waals surface area (Å²) in [7, 11) is 0. The van der Waals surface area contributed by atoms with Crippen LogP contribution in [0.2, 0.25) is 10.0 Å². The average Bonchev–Trinajstić information content (AvgIpc) is 2.46. The maximum absolute atomic E-state index is 6.15. The Labute approximate surface area is 133 Å². The minimum absolute atomic E-state index is 0.626. The Balaban J connectivity index is 1.80. The van der Waals surface area contributed by atoms with Crippen molar-refractivity contribution in [2.24, 2.45) is 0 Å². The van der Waals surface area contributed by atoms with Gasteiger partial charge in [-0.25, -0.2) is 0 Å². The molecule has 1 heterocycles. The molecule has 0 amide bonds. The Morgan fingerprint density at radius 3 is 2.67 bits per heavy atom. The fourth-order valence-electron chi connectivity index (χ4n) is 2.22. The molecule has 106 valence electrons. The normalized spacial score (nSPS) is 10.8. The van der Waals surface area contributed by atoms with Gasteiger partial charge < -0.3 is 5.32 Å². The second-order valence-electron chi connectivity index (χ2n) is 4.96. The molecule has 0 fully saturated rings. The lowest BCUT2D eigenvalue weighted by Crippen LogP contribution is -2.00. The van der Waals surface area contributed by atoms with E-state index in [0.717, 1.165) is 22.3 Å². The zero-order valence-corrected chi connectivity index (χ0v) is 13.0. The van der Waals surface area contributed by atoms with E-state index >= 15 is 0 Å². The lowest BCUT2D eigenvalue weighted by Gasteiger charge is -2.09. The summed E-state index contributed by atoms with van der Waals surface area (Å²) in [4.78, 5) is 4.50. The highest BCUT2D eigenvalue weighted by Gasteiger charge is 2.02. The van der Waals surface area contributed by atoms with Gasteiger partial charge in [-0.2, -0.15) is 0 Å². The van der Waals surface area contributed by atoms with Crippen LogP contribution in [0.25, 0.3) is 10.9 Å². The standard InChI is InChI=1S/C17H14Cl2N2/c1-11-2-4-13-8-12(3-6-16(13)21-11)10-20-17-7-5-14(18)9-15(17)19/h2-9,20H,10H2,1H3. The number of rotatable bonds is 3. The molecular weight excluding hydrogens is 303 g/mol. The molecule has 0 bridgehead atoms. The summed E-state index contributed by atoms with van der Waals surface area (Å²) in [5.74, 6) is 0. The lowest BCUT2D eigenvalue weighted by molar-refractivity contribution is 1.15. The molecule has 4 heteroatoms. The van der Waals surface area contributed by atoms with Gasteiger partial charge in [0.1, 0.15) is 0 Å². The molecule has 1 aromatic heterocycles. The van der Waals surface area contributed by atoms with Gasteiger partial charge in [-0.15, -0.1) is 0 Å². The Hall–Kier alpha value is -1.77. The predicted molar refractivity (Wildman–Crippen MR) is 90.3 cm³/mol. The molecule has 2 nitrogen and oxygen atoms in total. The van der Waals surface area contributed by atoms with Crippen LogP contribution < -0.4 is 5.32 Å². The van der Waals surface area contributed by atoms with E-state index < -0.39 is 0 Å². The van der Waals surface area contributed by atoms with Crippen molar-refractivity contribution in [1.29, 1.82) is 0 Å². The van der Waals surface area contributed by atoms with E-state index in [1.165, 1.54) is 5.56 Å². The van der Waals surface area contributed by atoms with Crippen LogP contribution in [-0.4, -0.2) is 4.98 Å². The molecule has 0 aliphatic heterocycles. The minimum atomic E-state index is 0.626. The summed E-state index contributed by atoms with van der Waals surface area (Å²) in [6, 6.07) is 15.8. The van der Waals surface area contributed by atoms with Gasteiger partial charge in [0.2, 0.25) is 0 Å². The molecule has 0 atom stereocenters. The lowest BCUT2D eigenvalue weighted by atomic mass is 10.1. The molecule has 0 radical (unpaired) electrons. The van der Waals surface area contributed by atoms with Gasteiger partial charge in [-0.1, -0.05) is 35.3 Å². The molecule has 0 aliphatic rings. The van der Waals surface area contributed by atoms with Crippen LogP contribution in [0, 0.1) is 6.92 Å². The summed E-state index contributed by atoms with van der Waals surface area (Å²) < 4.78 is 0. The third-order valence-electron chi connectivity index (χ3n) is 3.31. The Bertz CT molecular complexity index is 800. The molecule has 3 rings (SSSR count). The second kappa shape index (κ2) is 5.92. The summed E-state index contributed by atoms with van der Waals surface area (Å²) in [6.07, 6.45) is 0. The van der Waals surface area contributed by atoms with Crippen molar-refractivity contribution in [3.05, 3.63) is 69.8 Å². The van der Waals surface area contributed by atoms with Crippen LogP contribution >= 0.6 is 23.2 Å². The summed E-state index contributed by atoms with van der Waals surface area (Å²) in [5.41, 5.74) is 4.10. The van der Waals surface area contributed by atoms with Crippen molar-refractivity contribution in [3.8, 4) is 0 Å². The Morgan fingerprint density at radius 1 is 1.00 bits per heavy atom. The molecule has 0 aliphatic carbocycles. The Kier molecular flexibility index (Phi) is 4.00. The van der Waals surface area contributed by atoms with Gasteiger partial charge in [-0.3, -0.25) is 4.98 Å². The average molecular weight is 317 g/mol. The second-order valence-corrected chi connectivity index (χ2v) is 5.80. The molecule has 0 saturated heterocycles. The number of hydrogen-bond donors (Lipinski definition) is 1. The van der Waals surface area contributed by atoms with Crippen LogP contribution in [0.1, 0.15) is 11.3 Å². The zero-order chi connectivity index (χ0) is 14.8. The van der Waals surface area contributed by atoms with Gasteiger partial charge in [0.15, 0.2) is 0 Å². The van der Waals surface area contributed by atoms with Crippen LogP contribution in [-0.2, 0) is 6.54 Å². The SMILES string of the molecule is Cc1ccc2cc(CNc3ccc(Cl)cc3Cl)ccc2n1. The number of aromatic nitrogens is 1. The van der Waals surface area contributed by atoms with Crippen molar-refractivity contribution in [1.82, 2.24) is 4.98 Å². The van der Waals surface area contributed by atoms with E-state index in [4.69, 9.17) is 23.2 Å². The minimum Gasteiger partial charge on any atom is -0.380 e. The van der Waals surface area contributed by atoms with Crippen molar-refractivity contribution in [2.75, 3.05) is 5.32 Å². The van der Waals surface area contributed by atoms with E-state index in [2.05, 4.69) is 28.5 Å². The number of fused-ring (bicyclic) bond motifs is 1. The molecule has 1 N–H and O–H groups in total. The van der Waals surface area contributed by atoms with Crippen LogP contribution in [0.15, 0.2) is 48.5 Å². The van der Waals surface area contributed by atoms with Crippen molar-refractivity contribution in [3.63, 3.8) is 0 Å². The maximum atomic E-state index is 6.15. The van der Waals surface area contributed by atoms with E-state index in [9.17, 15) is 0 Å². The monoisotopic (exact) mass is 316 g/mol. The number of nitrogens with one attached hydrogen (secondary N) is 1. The summed E-state index contributed by atoms with van der Waals surface area (Å²) in [6.45, 7) is 2.70. The van der Waals surface area contributed by atoms with Crippen molar-refractivity contribution >= 4 is 39.8 Å². The van der Waals surface area contributed by atoms with Crippen LogP contribution in [0.5, 0.6) is 0 Å². The first kappa shape index (κ1) is 14.2. The topological polar surface area (TPSA) is 24.9 Å². The van der Waals surface area contributed by atoms with E-state index in [1.54, 1.807) is 6.07 Å². The van der Waals surface area contributed by atoms with E-state index in [1.807, 2.05) is 31.2 Å². The number of halogens is 2. The van der Waals surface area contributed by atoms with Gasteiger partial charge in [-0.05, 0) is 48.9 Å². The highest BCUT2D eigenvalue weighted by atomic mass is 35.5. The quantitative estimate of drug-likeness (QED) is 0.693. The number of pyridine rings is 1. The molecule has 0 unspecified atom stereocenters. The predicted octanol–water partition coefficient (Wildman–Crippen LogP) is 5.46. The Morgan fingerprint density at radius 2 is 1.86 bits per heavy atom. The smallest absolute Gasteiger partial charge is 0.0705 e. The summed E-state index contributed by atoms with van der Waals surface area (Å²) >= 11 is 12.0. The van der Waals surface area contributed by atoms with Crippen molar-refractivity contribution in [2.45, 2.75) is 13.5 Å². The zero-order valence-electron chi connectivity index (χ0n) is 11.5. The first-order valence-electron chi connectivity index (χ1n) is 6.67. The number of aryl methyl sites for hydroxylation is 1. The maximum Gasteiger partial charge on any atom is 0.0705 e. The van der Waals surface area contributed by atoms with E-state index in [0.29, 0.717) is 16.6 Å². The third kappa shape index (κ3) is 3.29. The molecule has 3 aromatic rings. The van der Waals surface area contributed by atoms with Gasteiger partial charge in [0.25, 0.3) is 0 Å².